The second-order valence-electron chi connectivity index (χ2n) is 4.84. The fraction of sp³-hybridized carbons (Fsp3) is 0.500. The highest BCUT2D eigenvalue weighted by atomic mass is 35.5. The molecule has 1 N–H and O–H groups in total. The van der Waals surface area contributed by atoms with Gasteiger partial charge >= 0.3 is 6.09 Å². The van der Waals surface area contributed by atoms with E-state index in [0.29, 0.717) is 0 Å². The molecule has 1 saturated heterocycles. The molecule has 0 spiro atoms. The number of piperidine rings is 1. The second-order valence-corrected chi connectivity index (χ2v) is 5.27. The average Bonchev–Trinajstić information content (AvgIpc) is 2.42. The first kappa shape index (κ1) is 14.2. The van der Waals surface area contributed by atoms with Gasteiger partial charge in [-0.15, -0.1) is 0 Å². The molecule has 19 heavy (non-hydrogen) atoms. The van der Waals surface area contributed by atoms with Gasteiger partial charge in [0.25, 0.3) is 0 Å². The van der Waals surface area contributed by atoms with Crippen LogP contribution >= 0.6 is 11.6 Å². The molecule has 1 aromatic carbocycles. The van der Waals surface area contributed by atoms with Crippen molar-refractivity contribution in [2.75, 3.05) is 20.2 Å². The molecule has 1 atom stereocenters. The molecule has 1 aliphatic rings. The Bertz CT molecular complexity index is 422. The number of carbonyl (C=O) groups excluding carboxylic acids is 1. The van der Waals surface area contributed by atoms with Crippen LogP contribution in [0.25, 0.3) is 0 Å². The molecule has 1 unspecified atom stereocenters. The van der Waals surface area contributed by atoms with E-state index in [0.717, 1.165) is 37.5 Å². The van der Waals surface area contributed by atoms with E-state index >= 15 is 0 Å². The predicted octanol–water partition coefficient (Wildman–Crippen LogP) is 2.66. The van der Waals surface area contributed by atoms with E-state index < -0.39 is 0 Å². The lowest BCUT2D eigenvalue weighted by Crippen LogP contribution is -2.47. The maximum atomic E-state index is 11.2. The number of alkyl carbamates (subject to hydrolysis) is 1. The van der Waals surface area contributed by atoms with Crippen LogP contribution in [0.15, 0.2) is 24.3 Å². The zero-order valence-electron chi connectivity index (χ0n) is 11.1. The van der Waals surface area contributed by atoms with Gasteiger partial charge in [-0.3, -0.25) is 4.90 Å². The molecule has 104 valence electrons. The zero-order chi connectivity index (χ0) is 13.7. The van der Waals surface area contributed by atoms with E-state index in [2.05, 4.69) is 15.0 Å². The highest BCUT2D eigenvalue weighted by Gasteiger charge is 2.21. The molecule has 0 bridgehead atoms. The molecule has 1 amide bonds. The third-order valence-corrected chi connectivity index (χ3v) is 3.58. The van der Waals surface area contributed by atoms with E-state index in [1.54, 1.807) is 0 Å². The van der Waals surface area contributed by atoms with Crippen molar-refractivity contribution in [1.29, 1.82) is 0 Å². The van der Waals surface area contributed by atoms with E-state index in [-0.39, 0.29) is 12.1 Å². The number of nitrogens with one attached hydrogen (secondary N) is 1. The van der Waals surface area contributed by atoms with Gasteiger partial charge in [-0.05, 0) is 37.1 Å². The third-order valence-electron chi connectivity index (χ3n) is 3.33. The van der Waals surface area contributed by atoms with E-state index in [4.69, 9.17) is 11.6 Å². The number of carbonyl (C=O) groups is 1. The van der Waals surface area contributed by atoms with Crippen molar-refractivity contribution in [1.82, 2.24) is 10.2 Å². The van der Waals surface area contributed by atoms with Crippen LogP contribution in [0.2, 0.25) is 5.02 Å². The Labute approximate surface area is 118 Å². The van der Waals surface area contributed by atoms with Crippen molar-refractivity contribution in [3.05, 3.63) is 34.9 Å². The minimum atomic E-state index is -0.349. The Morgan fingerprint density at radius 2 is 2.21 bits per heavy atom. The van der Waals surface area contributed by atoms with Gasteiger partial charge in [0.05, 0.1) is 7.11 Å². The highest BCUT2D eigenvalue weighted by molar-refractivity contribution is 6.30. The summed E-state index contributed by atoms with van der Waals surface area (Å²) in [5, 5.41) is 3.63. The minimum absolute atomic E-state index is 0.175. The number of likely N-dealkylation sites (tertiary alicyclic amines) is 1. The zero-order valence-corrected chi connectivity index (χ0v) is 11.8. The fourth-order valence-electron chi connectivity index (χ4n) is 2.39. The summed E-state index contributed by atoms with van der Waals surface area (Å²) in [7, 11) is 1.39. The average molecular weight is 283 g/mol. The second kappa shape index (κ2) is 6.78. The molecule has 1 aromatic rings. The van der Waals surface area contributed by atoms with E-state index in [1.165, 1.54) is 12.7 Å². The topological polar surface area (TPSA) is 41.6 Å². The predicted molar refractivity (Wildman–Crippen MR) is 75.3 cm³/mol. The molecule has 4 nitrogen and oxygen atoms in total. The standard InChI is InChI=1S/C14H19ClN2O2/c1-19-14(18)16-13-3-2-8-17(10-13)9-11-4-6-12(15)7-5-11/h4-7,13H,2-3,8-10H2,1H3,(H,16,18). The lowest BCUT2D eigenvalue weighted by molar-refractivity contribution is 0.145. The van der Waals surface area contributed by atoms with Crippen molar-refractivity contribution >= 4 is 17.7 Å². The van der Waals surface area contributed by atoms with Crippen molar-refractivity contribution < 1.29 is 9.53 Å². The van der Waals surface area contributed by atoms with Crippen LogP contribution in [0.4, 0.5) is 4.79 Å². The number of hydrogen-bond donors (Lipinski definition) is 1. The largest absolute Gasteiger partial charge is 0.453 e. The summed E-state index contributed by atoms with van der Waals surface area (Å²) in [4.78, 5) is 13.6. The minimum Gasteiger partial charge on any atom is -0.453 e. The molecular formula is C14H19ClN2O2. The summed E-state index contributed by atoms with van der Waals surface area (Å²) in [6, 6.07) is 8.07. The molecule has 0 aliphatic carbocycles. The van der Waals surface area contributed by atoms with Crippen LogP contribution in [0, 0.1) is 0 Å². The van der Waals surface area contributed by atoms with Crippen LogP contribution in [0.5, 0.6) is 0 Å². The summed E-state index contributed by atoms with van der Waals surface area (Å²) < 4.78 is 4.64. The normalized spacial score (nSPS) is 20.0. The Morgan fingerprint density at radius 1 is 1.47 bits per heavy atom. The Balaban J connectivity index is 1.87. The van der Waals surface area contributed by atoms with Crippen molar-refractivity contribution in [3.8, 4) is 0 Å². The maximum absolute atomic E-state index is 11.2. The van der Waals surface area contributed by atoms with Gasteiger partial charge in [0, 0.05) is 24.2 Å². The van der Waals surface area contributed by atoms with Crippen LogP contribution in [0.1, 0.15) is 18.4 Å². The van der Waals surface area contributed by atoms with Gasteiger partial charge in [-0.25, -0.2) is 4.79 Å². The monoisotopic (exact) mass is 282 g/mol. The van der Waals surface area contributed by atoms with Crippen LogP contribution in [-0.4, -0.2) is 37.2 Å². The SMILES string of the molecule is COC(=O)NC1CCCN(Cc2ccc(Cl)cc2)C1. The maximum Gasteiger partial charge on any atom is 0.407 e. The van der Waals surface area contributed by atoms with Crippen molar-refractivity contribution in [3.63, 3.8) is 0 Å². The van der Waals surface area contributed by atoms with Gasteiger partial charge in [0.1, 0.15) is 0 Å². The summed E-state index contributed by atoms with van der Waals surface area (Å²) in [6.45, 7) is 2.80. The smallest absolute Gasteiger partial charge is 0.407 e. The number of rotatable bonds is 3. The number of amides is 1. The Morgan fingerprint density at radius 3 is 2.89 bits per heavy atom. The van der Waals surface area contributed by atoms with Crippen molar-refractivity contribution in [2.24, 2.45) is 0 Å². The molecule has 0 saturated carbocycles. The van der Waals surface area contributed by atoms with Gasteiger partial charge in [-0.1, -0.05) is 23.7 Å². The van der Waals surface area contributed by atoms with Gasteiger partial charge in [0.15, 0.2) is 0 Å². The quantitative estimate of drug-likeness (QED) is 0.927. The first-order chi connectivity index (χ1) is 9.17. The molecule has 0 radical (unpaired) electrons. The highest BCUT2D eigenvalue weighted by Crippen LogP contribution is 2.15. The van der Waals surface area contributed by atoms with E-state index in [9.17, 15) is 4.79 Å². The van der Waals surface area contributed by atoms with Gasteiger partial charge < -0.3 is 10.1 Å². The van der Waals surface area contributed by atoms with Crippen LogP contribution in [-0.2, 0) is 11.3 Å². The van der Waals surface area contributed by atoms with Gasteiger partial charge in [-0.2, -0.15) is 0 Å². The summed E-state index contributed by atoms with van der Waals surface area (Å²) in [5.41, 5.74) is 1.24. The first-order valence-corrected chi connectivity index (χ1v) is 6.86. The van der Waals surface area contributed by atoms with Crippen molar-refractivity contribution in [2.45, 2.75) is 25.4 Å². The number of methoxy groups -OCH3 is 1. The molecule has 5 heteroatoms. The lowest BCUT2D eigenvalue weighted by atomic mass is 10.0. The molecule has 1 fully saturated rings. The van der Waals surface area contributed by atoms with Crippen LogP contribution < -0.4 is 5.32 Å². The number of ether oxygens (including phenoxy) is 1. The van der Waals surface area contributed by atoms with Crippen LogP contribution in [0.3, 0.4) is 0 Å². The Hall–Kier alpha value is -1.26. The lowest BCUT2D eigenvalue weighted by Gasteiger charge is -2.32. The van der Waals surface area contributed by atoms with Gasteiger partial charge in [0.2, 0.25) is 0 Å². The molecule has 2 rings (SSSR count). The summed E-state index contributed by atoms with van der Waals surface area (Å²) in [6.07, 6.45) is 1.74. The molecular weight excluding hydrogens is 264 g/mol. The molecule has 0 aromatic heterocycles. The molecule has 1 heterocycles. The number of nitrogens with zero attached hydrogens (tertiary/aromatic N) is 1. The number of benzene rings is 1. The fourth-order valence-corrected chi connectivity index (χ4v) is 2.52. The molecule has 1 aliphatic heterocycles. The third kappa shape index (κ3) is 4.40. The number of hydrogen-bond acceptors (Lipinski definition) is 3. The summed E-state index contributed by atoms with van der Waals surface area (Å²) >= 11 is 5.88. The first-order valence-electron chi connectivity index (χ1n) is 6.48. The number of halogens is 1. The summed E-state index contributed by atoms with van der Waals surface area (Å²) in [5.74, 6) is 0. The van der Waals surface area contributed by atoms with E-state index in [1.807, 2.05) is 24.3 Å². The Kier molecular flexibility index (Phi) is 5.05.